The van der Waals surface area contributed by atoms with E-state index in [1.54, 1.807) is 5.56 Å². The van der Waals surface area contributed by atoms with E-state index in [2.05, 4.69) is 158 Å². The van der Waals surface area contributed by atoms with Gasteiger partial charge in [0.05, 0.1) is 0 Å². The summed E-state index contributed by atoms with van der Waals surface area (Å²) in [4.78, 5) is 2.55. The summed E-state index contributed by atoms with van der Waals surface area (Å²) in [5.74, 6) is 1.62. The third-order valence-electron chi connectivity index (χ3n) is 13.9. The molecule has 2 bridgehead atoms. The van der Waals surface area contributed by atoms with Crippen LogP contribution in [0.25, 0.3) is 33.4 Å². The Morgan fingerprint density at radius 1 is 0.509 bits per heavy atom. The van der Waals surface area contributed by atoms with Gasteiger partial charge in [0, 0.05) is 22.5 Å². The van der Waals surface area contributed by atoms with Crippen molar-refractivity contribution in [3.63, 3.8) is 0 Å². The van der Waals surface area contributed by atoms with E-state index >= 15 is 0 Å². The molecular weight excluding hydrogens is 639 g/mol. The van der Waals surface area contributed by atoms with Crippen molar-refractivity contribution in [2.75, 3.05) is 4.90 Å². The Hall–Kier alpha value is -4.88. The second-order valence-electron chi connectivity index (χ2n) is 17.2. The van der Waals surface area contributed by atoms with Crippen LogP contribution in [0.3, 0.4) is 0 Å². The Morgan fingerprint density at radius 3 is 1.81 bits per heavy atom. The van der Waals surface area contributed by atoms with Crippen LogP contribution in [0.5, 0.6) is 0 Å². The molecule has 6 aromatic rings. The van der Waals surface area contributed by atoms with Crippen molar-refractivity contribution in [1.29, 1.82) is 0 Å². The van der Waals surface area contributed by atoms with Gasteiger partial charge in [-0.05, 0) is 154 Å². The molecule has 6 aromatic carbocycles. The predicted molar refractivity (Wildman–Crippen MR) is 224 cm³/mol. The fourth-order valence-electron chi connectivity index (χ4n) is 11.1. The van der Waals surface area contributed by atoms with Crippen LogP contribution in [0.2, 0.25) is 0 Å². The molecule has 3 saturated carbocycles. The predicted octanol–water partition coefficient (Wildman–Crippen LogP) is 14.7. The lowest BCUT2D eigenvalue weighted by Gasteiger charge is -2.31. The zero-order valence-electron chi connectivity index (χ0n) is 31.5. The second kappa shape index (κ2) is 12.9. The number of hydrogen-bond donors (Lipinski definition) is 0. The fraction of sp³-hybridized carbons (Fsp3) is 0.308. The van der Waals surface area contributed by atoms with E-state index in [0.29, 0.717) is 11.3 Å². The molecule has 264 valence electrons. The van der Waals surface area contributed by atoms with Crippen LogP contribution < -0.4 is 4.90 Å². The number of benzene rings is 6. The third kappa shape index (κ3) is 5.50. The minimum Gasteiger partial charge on any atom is -0.310 e. The van der Waals surface area contributed by atoms with Crippen molar-refractivity contribution in [3.8, 4) is 33.4 Å². The van der Waals surface area contributed by atoms with Crippen LogP contribution in [0, 0.1) is 5.92 Å². The maximum absolute atomic E-state index is 2.55. The number of fused-ring (bicyclic) bond motifs is 5. The van der Waals surface area contributed by atoms with E-state index in [4.69, 9.17) is 0 Å². The number of anilines is 3. The normalized spacial score (nSPS) is 21.4. The highest BCUT2D eigenvalue weighted by Crippen LogP contribution is 2.57. The molecule has 0 heterocycles. The van der Waals surface area contributed by atoms with Gasteiger partial charge in [0.25, 0.3) is 0 Å². The molecule has 0 spiro atoms. The molecule has 0 radical (unpaired) electrons. The Balaban J connectivity index is 1.18. The molecule has 53 heavy (non-hydrogen) atoms. The highest BCUT2D eigenvalue weighted by molar-refractivity contribution is 5.99. The van der Waals surface area contributed by atoms with Crippen LogP contribution in [0.4, 0.5) is 17.1 Å². The maximum Gasteiger partial charge on any atom is 0.0471 e. The summed E-state index contributed by atoms with van der Waals surface area (Å²) in [6.07, 6.45) is 13.6. The first-order valence-corrected chi connectivity index (χ1v) is 20.4. The number of hydrogen-bond acceptors (Lipinski definition) is 1. The summed E-state index contributed by atoms with van der Waals surface area (Å²) >= 11 is 0. The van der Waals surface area contributed by atoms with E-state index in [1.165, 1.54) is 131 Å². The Bertz CT molecular complexity index is 2260. The maximum atomic E-state index is 2.55. The Morgan fingerprint density at radius 2 is 1.13 bits per heavy atom. The molecule has 10 rings (SSSR count). The SMILES string of the molecule is CC1(C)c2ccccc2-c2c(-c3ccccc3-c3ccccc3)cc(N(c3ccc(C4CCCCC4)cc3)c3ccc(C45CCC(CC4)C5)cc3)cc21. The lowest BCUT2D eigenvalue weighted by Crippen LogP contribution is -2.20. The van der Waals surface area contributed by atoms with Crippen molar-refractivity contribution < 1.29 is 0 Å². The van der Waals surface area contributed by atoms with Crippen LogP contribution in [-0.4, -0.2) is 0 Å². The van der Waals surface area contributed by atoms with E-state index < -0.39 is 0 Å². The van der Waals surface area contributed by atoms with Crippen LogP contribution >= 0.6 is 0 Å². The smallest absolute Gasteiger partial charge is 0.0471 e. The highest BCUT2D eigenvalue weighted by Gasteiger charge is 2.46. The van der Waals surface area contributed by atoms with Gasteiger partial charge in [0.2, 0.25) is 0 Å². The van der Waals surface area contributed by atoms with Gasteiger partial charge in [0.1, 0.15) is 0 Å². The van der Waals surface area contributed by atoms with Crippen LogP contribution in [0.1, 0.15) is 106 Å². The molecule has 0 aromatic heterocycles. The Labute approximate surface area is 316 Å². The quantitative estimate of drug-likeness (QED) is 0.161. The number of rotatable bonds is 7. The van der Waals surface area contributed by atoms with Crippen LogP contribution in [0.15, 0.2) is 140 Å². The van der Waals surface area contributed by atoms with Crippen LogP contribution in [-0.2, 0) is 10.8 Å². The van der Waals surface area contributed by atoms with E-state index in [0.717, 1.165) is 5.92 Å². The van der Waals surface area contributed by atoms with Gasteiger partial charge in [0.15, 0.2) is 0 Å². The third-order valence-corrected chi connectivity index (χ3v) is 13.9. The molecule has 0 N–H and O–H groups in total. The molecule has 0 atom stereocenters. The summed E-state index contributed by atoms with van der Waals surface area (Å²) in [5.41, 5.74) is 17.6. The summed E-state index contributed by atoms with van der Waals surface area (Å²) in [5, 5.41) is 0. The van der Waals surface area contributed by atoms with Gasteiger partial charge < -0.3 is 4.90 Å². The first-order chi connectivity index (χ1) is 26.0. The Kier molecular flexibility index (Phi) is 7.97. The molecule has 0 unspecified atom stereocenters. The zero-order chi connectivity index (χ0) is 35.6. The van der Waals surface area contributed by atoms with E-state index in [-0.39, 0.29) is 5.41 Å². The van der Waals surface area contributed by atoms with E-state index in [9.17, 15) is 0 Å². The molecule has 1 nitrogen and oxygen atoms in total. The minimum absolute atomic E-state index is 0.139. The molecule has 4 aliphatic carbocycles. The summed E-state index contributed by atoms with van der Waals surface area (Å²) in [6, 6.07) is 53.6. The molecule has 0 saturated heterocycles. The largest absolute Gasteiger partial charge is 0.310 e. The standard InChI is InChI=1S/C52H51N/c1-51(2)48-20-12-11-19-46(48)50-47(45-18-10-9-17-44(45)39-15-7-4-8-16-39)33-43(34-49(50)51)53(41-25-21-38(22-26-41)37-13-5-3-6-14-37)42-27-23-40(24-28-42)52-31-29-36(35-52)30-32-52/h4,7-12,15-28,33-34,36-37H,3,5-6,13-14,29-32,35H2,1-2H3. The molecule has 0 amide bonds. The van der Waals surface area contributed by atoms with Gasteiger partial charge >= 0.3 is 0 Å². The lowest BCUT2D eigenvalue weighted by molar-refractivity contribution is 0.419. The first kappa shape index (κ1) is 32.7. The average Bonchev–Trinajstić information content (AvgIpc) is 3.91. The van der Waals surface area contributed by atoms with Crippen molar-refractivity contribution in [2.45, 2.75) is 94.8 Å². The zero-order valence-corrected chi connectivity index (χ0v) is 31.5. The van der Waals surface area contributed by atoms with Gasteiger partial charge in [-0.25, -0.2) is 0 Å². The van der Waals surface area contributed by atoms with Crippen molar-refractivity contribution in [1.82, 2.24) is 0 Å². The van der Waals surface area contributed by atoms with Crippen molar-refractivity contribution >= 4 is 17.1 Å². The minimum atomic E-state index is -0.139. The fourth-order valence-corrected chi connectivity index (χ4v) is 11.1. The monoisotopic (exact) mass is 689 g/mol. The summed E-state index contributed by atoms with van der Waals surface area (Å²) in [7, 11) is 0. The summed E-state index contributed by atoms with van der Waals surface area (Å²) in [6.45, 7) is 4.84. The topological polar surface area (TPSA) is 3.24 Å². The summed E-state index contributed by atoms with van der Waals surface area (Å²) < 4.78 is 0. The van der Waals surface area contributed by atoms with Gasteiger partial charge in [-0.3, -0.25) is 0 Å². The lowest BCUT2D eigenvalue weighted by atomic mass is 9.78. The second-order valence-corrected chi connectivity index (χ2v) is 17.2. The molecular formula is C52H51N. The van der Waals surface area contributed by atoms with Gasteiger partial charge in [-0.15, -0.1) is 0 Å². The number of nitrogens with zero attached hydrogens (tertiary/aromatic N) is 1. The first-order valence-electron chi connectivity index (χ1n) is 20.4. The van der Waals surface area contributed by atoms with Gasteiger partial charge in [-0.1, -0.05) is 136 Å². The molecule has 1 heteroatoms. The van der Waals surface area contributed by atoms with Crippen molar-refractivity contribution in [3.05, 3.63) is 162 Å². The molecule has 0 aliphatic heterocycles. The molecule has 3 fully saturated rings. The average molecular weight is 690 g/mol. The molecule has 4 aliphatic rings. The van der Waals surface area contributed by atoms with Crippen molar-refractivity contribution in [2.24, 2.45) is 5.92 Å². The van der Waals surface area contributed by atoms with E-state index in [1.807, 2.05) is 0 Å². The van der Waals surface area contributed by atoms with Gasteiger partial charge in [-0.2, -0.15) is 0 Å². The highest BCUT2D eigenvalue weighted by atomic mass is 15.1.